The molecule has 0 bridgehead atoms. The van der Waals surface area contributed by atoms with E-state index in [0.717, 1.165) is 13.1 Å². The van der Waals surface area contributed by atoms with Crippen molar-refractivity contribution in [3.05, 3.63) is 6.92 Å². The Bertz CT molecular complexity index is 215. The first-order valence-electron chi connectivity index (χ1n) is 5.10. The van der Waals surface area contributed by atoms with E-state index in [9.17, 15) is 4.79 Å². The monoisotopic (exact) mass is 262 g/mol. The van der Waals surface area contributed by atoms with Gasteiger partial charge >= 0.3 is 25.6 Å². The molecule has 0 radical (unpaired) electrons. The van der Waals surface area contributed by atoms with E-state index in [0.29, 0.717) is 11.8 Å². The minimum Gasteiger partial charge on any atom is -0.444 e. The van der Waals surface area contributed by atoms with Crippen LogP contribution in [0.1, 0.15) is 27.7 Å². The van der Waals surface area contributed by atoms with E-state index in [2.05, 4.69) is 13.8 Å². The van der Waals surface area contributed by atoms with Gasteiger partial charge in [0.25, 0.3) is 0 Å². The molecule has 2 atom stereocenters. The van der Waals surface area contributed by atoms with Gasteiger partial charge < -0.3 is 16.6 Å². The summed E-state index contributed by atoms with van der Waals surface area (Å²) in [5.41, 5.74) is -0.403. The molecule has 0 aliphatic carbocycles. The molecule has 0 saturated carbocycles. The average molecular weight is 264 g/mol. The van der Waals surface area contributed by atoms with Crippen molar-refractivity contribution in [1.82, 2.24) is 4.90 Å². The number of amides is 1. The maximum Gasteiger partial charge on any atom is 2.00 e. The van der Waals surface area contributed by atoms with Gasteiger partial charge in [0.1, 0.15) is 5.60 Å². The van der Waals surface area contributed by atoms with Crippen molar-refractivity contribution in [1.29, 1.82) is 0 Å². The van der Waals surface area contributed by atoms with Gasteiger partial charge in [0.05, 0.1) is 0 Å². The third-order valence-corrected chi connectivity index (χ3v) is 2.42. The number of ether oxygens (including phenoxy) is 1. The number of nitrogens with zero attached hydrogens (tertiary/aromatic N) is 1. The summed E-state index contributed by atoms with van der Waals surface area (Å²) in [6.45, 7) is 13.2. The minimum absolute atomic E-state index is 0. The van der Waals surface area contributed by atoms with Gasteiger partial charge in [-0.1, -0.05) is 6.92 Å². The van der Waals surface area contributed by atoms with Crippen molar-refractivity contribution < 1.29 is 29.0 Å². The molecule has 1 aliphatic rings. The molecule has 1 saturated heterocycles. The van der Waals surface area contributed by atoms with Crippen LogP contribution in [0.5, 0.6) is 0 Å². The summed E-state index contributed by atoms with van der Waals surface area (Å²) in [6, 6.07) is 0. The smallest absolute Gasteiger partial charge is 0.444 e. The molecule has 3 nitrogen and oxygen atoms in total. The van der Waals surface area contributed by atoms with E-state index in [1.165, 1.54) is 0 Å². The Morgan fingerprint density at radius 1 is 1.40 bits per heavy atom. The van der Waals surface area contributed by atoms with E-state index in [-0.39, 0.29) is 25.6 Å². The number of hydrogen-bond acceptors (Lipinski definition) is 2. The molecule has 0 aromatic heterocycles. The van der Waals surface area contributed by atoms with Crippen molar-refractivity contribution in [2.24, 2.45) is 11.8 Å². The van der Waals surface area contributed by atoms with Gasteiger partial charge in [0.15, 0.2) is 0 Å². The molecule has 1 amide bonds. The van der Waals surface area contributed by atoms with Crippen molar-refractivity contribution in [2.45, 2.75) is 33.3 Å². The van der Waals surface area contributed by atoms with Crippen LogP contribution in [0, 0.1) is 18.8 Å². The Balaban J connectivity index is 0.00000196. The molecule has 1 fully saturated rings. The van der Waals surface area contributed by atoms with Gasteiger partial charge in [-0.15, -0.1) is 5.92 Å². The summed E-state index contributed by atoms with van der Waals surface area (Å²) in [5.74, 6) is 0.810. The molecule has 1 aliphatic heterocycles. The zero-order valence-corrected chi connectivity index (χ0v) is 13.2. The van der Waals surface area contributed by atoms with Crippen LogP contribution in [-0.4, -0.2) is 29.7 Å². The second-order valence-electron chi connectivity index (χ2n) is 5.12. The van der Waals surface area contributed by atoms with Crippen molar-refractivity contribution in [3.63, 3.8) is 0 Å². The zero-order chi connectivity index (χ0) is 10.9. The van der Waals surface area contributed by atoms with Gasteiger partial charge in [0.2, 0.25) is 0 Å². The Hall–Kier alpha value is -0.107. The number of hydrogen-bond donors (Lipinski definition) is 0. The van der Waals surface area contributed by atoms with Gasteiger partial charge in [-0.25, -0.2) is 4.79 Å². The molecule has 1 heterocycles. The average Bonchev–Trinajstić information content (AvgIpc) is 2.28. The SMILES string of the molecule is [CH2-][C@H]1CN(C(=O)OC(C)(C)C)C[C@@H]1C.[Zn+2]. The summed E-state index contributed by atoms with van der Waals surface area (Å²) < 4.78 is 5.28. The summed E-state index contributed by atoms with van der Waals surface area (Å²) in [7, 11) is 0. The fourth-order valence-electron chi connectivity index (χ4n) is 1.51. The predicted molar refractivity (Wildman–Crippen MR) is 55.8 cm³/mol. The second-order valence-corrected chi connectivity index (χ2v) is 5.12. The quantitative estimate of drug-likeness (QED) is 0.496. The van der Waals surface area contributed by atoms with Gasteiger partial charge in [-0.2, -0.15) is 0 Å². The molecule has 0 N–H and O–H groups in total. The molecule has 0 aromatic carbocycles. The summed E-state index contributed by atoms with van der Waals surface area (Å²) in [4.78, 5) is 13.4. The number of rotatable bonds is 0. The molecule has 82 valence electrons. The van der Waals surface area contributed by atoms with Crippen molar-refractivity contribution in [2.75, 3.05) is 13.1 Å². The van der Waals surface area contributed by atoms with Gasteiger partial charge in [-0.05, 0) is 33.2 Å². The Kier molecular flexibility index (Phi) is 5.25. The van der Waals surface area contributed by atoms with E-state index in [4.69, 9.17) is 4.74 Å². The van der Waals surface area contributed by atoms with E-state index < -0.39 is 5.60 Å². The number of carbonyl (C=O) groups is 1. The third-order valence-electron chi connectivity index (χ3n) is 2.42. The van der Waals surface area contributed by atoms with Crippen LogP contribution in [-0.2, 0) is 24.2 Å². The predicted octanol–water partition coefficient (Wildman–Crippen LogP) is 2.32. The Morgan fingerprint density at radius 2 is 1.93 bits per heavy atom. The molecular formula is C11H20NO2Zn+. The van der Waals surface area contributed by atoms with Crippen molar-refractivity contribution >= 4 is 6.09 Å². The topological polar surface area (TPSA) is 29.5 Å². The minimum atomic E-state index is -0.403. The fourth-order valence-corrected chi connectivity index (χ4v) is 1.51. The molecule has 0 aromatic rings. The summed E-state index contributed by atoms with van der Waals surface area (Å²) >= 11 is 0. The van der Waals surface area contributed by atoms with Crippen LogP contribution >= 0.6 is 0 Å². The second kappa shape index (κ2) is 5.29. The molecule has 0 spiro atoms. The van der Waals surface area contributed by atoms with Crippen LogP contribution < -0.4 is 0 Å². The van der Waals surface area contributed by atoms with Crippen LogP contribution in [0.4, 0.5) is 4.79 Å². The Morgan fingerprint density at radius 3 is 2.27 bits per heavy atom. The number of likely N-dealkylation sites (tertiary alicyclic amines) is 1. The largest absolute Gasteiger partial charge is 2.00 e. The maximum atomic E-state index is 11.6. The first-order chi connectivity index (χ1) is 6.29. The molecule has 0 unspecified atom stereocenters. The maximum absolute atomic E-state index is 11.6. The molecular weight excluding hydrogens is 244 g/mol. The van der Waals surface area contributed by atoms with E-state index in [1.54, 1.807) is 4.90 Å². The van der Waals surface area contributed by atoms with Gasteiger partial charge in [-0.3, -0.25) is 0 Å². The summed E-state index contributed by atoms with van der Waals surface area (Å²) in [5, 5.41) is 0. The van der Waals surface area contributed by atoms with Gasteiger partial charge in [0, 0.05) is 6.54 Å². The molecule has 1 rings (SSSR count). The zero-order valence-electron chi connectivity index (χ0n) is 10.2. The molecule has 15 heavy (non-hydrogen) atoms. The fraction of sp³-hybridized carbons (Fsp3) is 0.818. The van der Waals surface area contributed by atoms with Crippen LogP contribution in [0.2, 0.25) is 0 Å². The standard InChI is InChI=1S/C11H20NO2.Zn/c1-8-6-12(7-9(8)2)10(13)14-11(3,4)5;/h8-9H,1,6-7H2,2-5H3;/q-1;+2/t8-,9-;/m0./s1. The Labute approximate surface area is 105 Å². The normalized spacial score (nSPS) is 26.1. The van der Waals surface area contributed by atoms with E-state index in [1.807, 2.05) is 20.8 Å². The van der Waals surface area contributed by atoms with Crippen molar-refractivity contribution in [3.8, 4) is 0 Å². The first-order valence-corrected chi connectivity index (χ1v) is 5.10. The third kappa shape index (κ3) is 4.50. The van der Waals surface area contributed by atoms with Crippen LogP contribution in [0.15, 0.2) is 0 Å². The first kappa shape index (κ1) is 14.9. The number of carbonyl (C=O) groups excluding carboxylic acids is 1. The van der Waals surface area contributed by atoms with Crippen LogP contribution in [0.25, 0.3) is 0 Å². The van der Waals surface area contributed by atoms with E-state index >= 15 is 0 Å². The molecule has 4 heteroatoms. The summed E-state index contributed by atoms with van der Waals surface area (Å²) in [6.07, 6.45) is -0.212. The van der Waals surface area contributed by atoms with Crippen LogP contribution in [0.3, 0.4) is 0 Å².